The Morgan fingerprint density at radius 3 is 2.50 bits per heavy atom. The zero-order valence-corrected chi connectivity index (χ0v) is 21.0. The predicted octanol–water partition coefficient (Wildman–Crippen LogP) is 5.68. The lowest BCUT2D eigenvalue weighted by Gasteiger charge is -2.34. The van der Waals surface area contributed by atoms with Gasteiger partial charge in [0.05, 0.1) is 16.9 Å². The van der Waals surface area contributed by atoms with E-state index in [9.17, 15) is 9.90 Å². The smallest absolute Gasteiger partial charge is 0.339 e. The summed E-state index contributed by atoms with van der Waals surface area (Å²) in [5.74, 6) is -0.172. The molecule has 0 unspecified atom stereocenters. The van der Waals surface area contributed by atoms with Crippen molar-refractivity contribution >= 4 is 50.3 Å². The average Bonchev–Trinajstić information content (AvgIpc) is 3.16. The maximum absolute atomic E-state index is 10.7. The van der Waals surface area contributed by atoms with E-state index in [0.717, 1.165) is 48.8 Å². The van der Waals surface area contributed by atoms with Gasteiger partial charge in [0.1, 0.15) is 22.1 Å². The van der Waals surface area contributed by atoms with Crippen molar-refractivity contribution in [2.45, 2.75) is 6.92 Å². The number of carboxylic acids is 1. The highest BCUT2D eigenvalue weighted by molar-refractivity contribution is 7.16. The second-order valence-corrected chi connectivity index (χ2v) is 10.2. The summed E-state index contributed by atoms with van der Waals surface area (Å²) in [6, 6.07) is 20.7. The molecule has 1 fully saturated rings. The number of benzene rings is 3. The number of aromatic hydroxyl groups is 1. The van der Waals surface area contributed by atoms with Gasteiger partial charge in [-0.15, -0.1) is 11.3 Å². The fourth-order valence-electron chi connectivity index (χ4n) is 4.43. The van der Waals surface area contributed by atoms with Crippen LogP contribution in [-0.4, -0.2) is 65.0 Å². The van der Waals surface area contributed by atoms with E-state index in [-0.39, 0.29) is 11.3 Å². The lowest BCUT2D eigenvalue weighted by Crippen LogP contribution is -2.47. The first kappa shape index (κ1) is 23.8. The van der Waals surface area contributed by atoms with Crippen LogP contribution < -0.4 is 5.32 Å². The number of phenols is 1. The average molecular weight is 501 g/mol. The van der Waals surface area contributed by atoms with Crippen LogP contribution in [0.2, 0.25) is 0 Å². The molecule has 0 aliphatic carbocycles. The summed E-state index contributed by atoms with van der Waals surface area (Å²) in [6.07, 6.45) is 0. The molecule has 0 saturated carbocycles. The lowest BCUT2D eigenvalue weighted by molar-refractivity contribution is 0.0694. The van der Waals surface area contributed by atoms with E-state index in [1.165, 1.54) is 21.5 Å². The van der Waals surface area contributed by atoms with Crippen molar-refractivity contribution in [1.82, 2.24) is 9.80 Å². The molecule has 2 aliphatic heterocycles. The van der Waals surface area contributed by atoms with Crippen LogP contribution in [0.3, 0.4) is 0 Å². The number of amidine groups is 1. The highest BCUT2D eigenvalue weighted by atomic mass is 32.1. The second kappa shape index (κ2) is 10.0. The molecule has 0 bridgehead atoms. The van der Waals surface area contributed by atoms with Gasteiger partial charge < -0.3 is 25.3 Å². The molecule has 3 aromatic carbocycles. The number of aryl methyl sites for hydroxylation is 1. The van der Waals surface area contributed by atoms with Crippen LogP contribution in [-0.2, 0) is 0 Å². The number of aliphatic imine (C=N–C) groups is 1. The molecule has 1 saturated heterocycles. The van der Waals surface area contributed by atoms with Crippen LogP contribution in [0.15, 0.2) is 71.7 Å². The van der Waals surface area contributed by atoms with E-state index in [1.54, 1.807) is 29.5 Å². The summed E-state index contributed by atoms with van der Waals surface area (Å²) in [5, 5.41) is 24.6. The molecule has 0 atom stereocenters. The maximum atomic E-state index is 10.7. The van der Waals surface area contributed by atoms with Crippen molar-refractivity contribution in [3.8, 4) is 5.75 Å². The molecule has 0 amide bonds. The Kier molecular flexibility index (Phi) is 6.63. The number of para-hydroxylation sites is 2. The molecule has 7 nitrogen and oxygen atoms in total. The highest BCUT2D eigenvalue weighted by Crippen LogP contribution is 2.39. The molecule has 184 valence electrons. The van der Waals surface area contributed by atoms with E-state index in [4.69, 9.17) is 10.1 Å². The molecule has 36 heavy (non-hydrogen) atoms. The monoisotopic (exact) mass is 500 g/mol. The summed E-state index contributed by atoms with van der Waals surface area (Å²) in [5.41, 5.74) is 3.29. The zero-order valence-electron chi connectivity index (χ0n) is 20.2. The van der Waals surface area contributed by atoms with Crippen molar-refractivity contribution in [3.05, 3.63) is 82.7 Å². The maximum Gasteiger partial charge on any atom is 0.339 e. The predicted molar refractivity (Wildman–Crippen MR) is 147 cm³/mol. The minimum Gasteiger partial charge on any atom is -0.506 e. The number of anilines is 2. The van der Waals surface area contributed by atoms with Gasteiger partial charge in [0.2, 0.25) is 0 Å². The Bertz CT molecular complexity index is 1450. The van der Waals surface area contributed by atoms with Crippen LogP contribution in [0.5, 0.6) is 5.75 Å². The quantitative estimate of drug-likeness (QED) is 0.312. The number of piperazine rings is 1. The van der Waals surface area contributed by atoms with Gasteiger partial charge >= 0.3 is 5.97 Å². The number of rotatable bonds is 1. The molecule has 2 aliphatic rings. The molecule has 8 heteroatoms. The van der Waals surface area contributed by atoms with Crippen LogP contribution in [0.25, 0.3) is 10.8 Å². The van der Waals surface area contributed by atoms with E-state index in [0.29, 0.717) is 5.39 Å². The number of likely N-dealkylation sites (N-methyl/N-ethyl adjacent to an activating group) is 1. The molecule has 3 heterocycles. The first-order valence-corrected chi connectivity index (χ1v) is 12.7. The highest BCUT2D eigenvalue weighted by Gasteiger charge is 2.25. The Balaban J connectivity index is 0.000000165. The zero-order chi connectivity index (χ0) is 25.2. The Morgan fingerprint density at radius 2 is 1.72 bits per heavy atom. The van der Waals surface area contributed by atoms with E-state index in [1.807, 2.05) is 12.1 Å². The summed E-state index contributed by atoms with van der Waals surface area (Å²) in [7, 11) is 2.18. The normalized spacial score (nSPS) is 15.1. The Labute approximate surface area is 213 Å². The van der Waals surface area contributed by atoms with Crippen LogP contribution in [0.1, 0.15) is 20.8 Å². The Morgan fingerprint density at radius 1 is 1.00 bits per heavy atom. The van der Waals surface area contributed by atoms with Gasteiger partial charge in [-0.2, -0.15) is 0 Å². The first-order valence-electron chi connectivity index (χ1n) is 11.8. The van der Waals surface area contributed by atoms with Gasteiger partial charge in [-0.05, 0) is 43.6 Å². The molecule has 0 spiro atoms. The van der Waals surface area contributed by atoms with Gasteiger partial charge in [-0.1, -0.05) is 42.5 Å². The van der Waals surface area contributed by atoms with Crippen molar-refractivity contribution < 1.29 is 15.0 Å². The van der Waals surface area contributed by atoms with Crippen LogP contribution in [0.4, 0.5) is 16.4 Å². The number of carboxylic acid groups (broad SMARTS) is 1. The van der Waals surface area contributed by atoms with Crippen molar-refractivity contribution in [2.75, 3.05) is 38.5 Å². The lowest BCUT2D eigenvalue weighted by atomic mass is 10.1. The third-order valence-electron chi connectivity index (χ3n) is 6.41. The van der Waals surface area contributed by atoms with Crippen molar-refractivity contribution in [2.24, 2.45) is 4.99 Å². The minimum absolute atomic E-state index is 0.0660. The molecule has 4 aromatic rings. The number of aromatic carboxylic acids is 1. The first-order chi connectivity index (χ1) is 17.4. The van der Waals surface area contributed by atoms with Crippen LogP contribution in [0, 0.1) is 6.92 Å². The van der Waals surface area contributed by atoms with Gasteiger partial charge in [0.15, 0.2) is 0 Å². The standard InChI is InChI=1S/C17H20N4S.C11H8O3/c1-12-11-13-16(21-9-7-20(2)8-10-21)18-14-5-3-4-6-15(14)19-17(13)22-12;12-10-8-4-2-1-3-7(8)5-6-9(10)11(13)14/h3-6,11,19H,7-10H2,1-2H3;1-6,12H,(H,13,14). The number of nitrogens with zero attached hydrogens (tertiary/aromatic N) is 3. The van der Waals surface area contributed by atoms with Crippen molar-refractivity contribution in [1.29, 1.82) is 0 Å². The van der Waals surface area contributed by atoms with Gasteiger partial charge in [0, 0.05) is 36.4 Å². The Hall–Kier alpha value is -3.88. The number of carbonyl (C=O) groups is 1. The summed E-state index contributed by atoms with van der Waals surface area (Å²) in [6.45, 7) is 6.41. The van der Waals surface area contributed by atoms with Crippen molar-refractivity contribution in [3.63, 3.8) is 0 Å². The molecule has 0 radical (unpaired) electrons. The van der Waals surface area contributed by atoms with Gasteiger partial charge in [0.25, 0.3) is 0 Å². The second-order valence-electron chi connectivity index (χ2n) is 8.96. The molecular formula is C28H28N4O3S. The third kappa shape index (κ3) is 4.78. The molecule has 3 N–H and O–H groups in total. The topological polar surface area (TPSA) is 88.4 Å². The largest absolute Gasteiger partial charge is 0.506 e. The third-order valence-corrected chi connectivity index (χ3v) is 7.37. The SMILES string of the molecule is Cc1cc2c(s1)Nc1ccccc1N=C2N1CCN(C)CC1.O=C(O)c1ccc2ccccc2c1O. The van der Waals surface area contributed by atoms with Gasteiger partial charge in [-0.25, -0.2) is 9.79 Å². The minimum atomic E-state index is -1.12. The summed E-state index contributed by atoms with van der Waals surface area (Å²) < 4.78 is 0. The van der Waals surface area contributed by atoms with E-state index >= 15 is 0 Å². The fraction of sp³-hybridized carbons (Fsp3) is 0.214. The fourth-order valence-corrected chi connectivity index (χ4v) is 5.35. The number of nitrogens with one attached hydrogen (secondary N) is 1. The molecule has 6 rings (SSSR count). The number of thiophene rings is 1. The van der Waals surface area contributed by atoms with E-state index < -0.39 is 5.97 Å². The van der Waals surface area contributed by atoms with Crippen LogP contribution >= 0.6 is 11.3 Å². The van der Waals surface area contributed by atoms with Gasteiger partial charge in [-0.3, -0.25) is 0 Å². The number of fused-ring (bicyclic) bond motifs is 3. The molecular weight excluding hydrogens is 472 g/mol. The summed E-state index contributed by atoms with van der Waals surface area (Å²) in [4.78, 5) is 21.8. The molecule has 1 aromatic heterocycles. The summed E-state index contributed by atoms with van der Waals surface area (Å²) >= 11 is 1.81. The number of hydrogen-bond donors (Lipinski definition) is 3. The number of hydrogen-bond acceptors (Lipinski definition) is 7. The van der Waals surface area contributed by atoms with E-state index in [2.05, 4.69) is 59.4 Å².